The normalized spacial score (nSPS) is 19.4. The number of halogens is 2. The zero-order chi connectivity index (χ0) is 15.6. The molecule has 3 N–H and O–H groups in total. The summed E-state index contributed by atoms with van der Waals surface area (Å²) in [4.78, 5) is 15.6. The second-order valence-corrected chi connectivity index (χ2v) is 5.57. The van der Waals surface area contributed by atoms with Crippen molar-refractivity contribution in [2.75, 3.05) is 18.5 Å². The van der Waals surface area contributed by atoms with E-state index in [4.69, 9.17) is 4.74 Å². The van der Waals surface area contributed by atoms with Gasteiger partial charge in [0.1, 0.15) is 5.69 Å². The Morgan fingerprint density at radius 3 is 3.08 bits per heavy atom. The van der Waals surface area contributed by atoms with Gasteiger partial charge in [-0.05, 0) is 31.1 Å². The Labute approximate surface area is 157 Å². The minimum absolute atomic E-state index is 0. The molecule has 4 heterocycles. The van der Waals surface area contributed by atoms with E-state index in [1.54, 1.807) is 12.4 Å². The fourth-order valence-corrected chi connectivity index (χ4v) is 2.77. The standard InChI is InChI=1S/C16H17N5O2.2ClH/c22-15-13(7-10-8-18-14-12(10)4-1-5-17-14)20-16(21-15)19-9-11-3-2-6-23-11;;/h1,4-5,7-8,11,22H,2-3,6,9H2,(H2,19,20,21);2*1H/b10-7+;;. The molecule has 4 rings (SSSR count). The number of aromatic amines is 1. The van der Waals surface area contributed by atoms with Crippen LogP contribution in [0.1, 0.15) is 24.1 Å². The summed E-state index contributed by atoms with van der Waals surface area (Å²) in [6.07, 6.45) is 7.62. The van der Waals surface area contributed by atoms with Crippen LogP contribution in [0, 0.1) is 0 Å². The van der Waals surface area contributed by atoms with Crippen molar-refractivity contribution in [1.29, 1.82) is 0 Å². The van der Waals surface area contributed by atoms with E-state index in [2.05, 4.69) is 25.3 Å². The van der Waals surface area contributed by atoms with Gasteiger partial charge in [0, 0.05) is 36.7 Å². The Bertz CT molecular complexity index is 785. The van der Waals surface area contributed by atoms with E-state index in [9.17, 15) is 5.11 Å². The number of aromatic nitrogens is 3. The number of hydrogen-bond acceptors (Lipinski definition) is 6. The largest absolute Gasteiger partial charge is 0.492 e. The lowest BCUT2D eigenvalue weighted by Crippen LogP contribution is -2.18. The number of aliphatic imine (C=N–C) groups is 1. The third-order valence-electron chi connectivity index (χ3n) is 3.96. The number of nitrogens with zero attached hydrogens (tertiary/aromatic N) is 3. The molecule has 134 valence electrons. The number of ether oxygens (including phenoxy) is 1. The number of hydrogen-bond donors (Lipinski definition) is 3. The maximum absolute atomic E-state index is 10.0. The first-order chi connectivity index (χ1) is 11.3. The Balaban J connectivity index is 0.00000113. The molecule has 0 saturated carbocycles. The molecule has 2 aromatic rings. The van der Waals surface area contributed by atoms with E-state index >= 15 is 0 Å². The van der Waals surface area contributed by atoms with E-state index in [1.807, 2.05) is 18.2 Å². The van der Waals surface area contributed by atoms with Crippen LogP contribution in [0.2, 0.25) is 0 Å². The van der Waals surface area contributed by atoms with Crippen LogP contribution in [0.5, 0.6) is 5.88 Å². The van der Waals surface area contributed by atoms with Crippen molar-refractivity contribution >= 4 is 54.4 Å². The molecule has 0 aliphatic carbocycles. The van der Waals surface area contributed by atoms with Crippen LogP contribution in [0.15, 0.2) is 23.3 Å². The fourth-order valence-electron chi connectivity index (χ4n) is 2.77. The molecule has 0 radical (unpaired) electrons. The second kappa shape index (κ2) is 8.33. The van der Waals surface area contributed by atoms with E-state index in [0.717, 1.165) is 30.6 Å². The smallest absolute Gasteiger partial charge is 0.238 e. The Morgan fingerprint density at radius 1 is 1.40 bits per heavy atom. The van der Waals surface area contributed by atoms with Crippen LogP contribution < -0.4 is 5.32 Å². The Kier molecular flexibility index (Phi) is 6.41. The van der Waals surface area contributed by atoms with Crippen molar-refractivity contribution in [3.8, 4) is 5.88 Å². The number of allylic oxidation sites excluding steroid dienone is 1. The number of H-pyrrole nitrogens is 1. The number of nitrogens with one attached hydrogen (secondary N) is 2. The van der Waals surface area contributed by atoms with Gasteiger partial charge in [-0.1, -0.05) is 0 Å². The highest BCUT2D eigenvalue weighted by Crippen LogP contribution is 2.31. The molecule has 25 heavy (non-hydrogen) atoms. The van der Waals surface area contributed by atoms with Crippen LogP contribution in [-0.2, 0) is 4.74 Å². The molecule has 0 aromatic carbocycles. The predicted octanol–water partition coefficient (Wildman–Crippen LogP) is 3.20. The average Bonchev–Trinajstić information content (AvgIpc) is 3.28. The van der Waals surface area contributed by atoms with Gasteiger partial charge in [0.25, 0.3) is 0 Å². The van der Waals surface area contributed by atoms with Gasteiger partial charge in [-0.3, -0.25) is 0 Å². The molecule has 2 aromatic heterocycles. The van der Waals surface area contributed by atoms with Gasteiger partial charge in [0.2, 0.25) is 11.8 Å². The van der Waals surface area contributed by atoms with Gasteiger partial charge in [-0.2, -0.15) is 4.98 Å². The molecule has 1 atom stereocenters. The van der Waals surface area contributed by atoms with Crippen LogP contribution in [-0.4, -0.2) is 45.5 Å². The molecular formula is C16H19Cl2N5O2. The molecule has 2 aliphatic heterocycles. The predicted molar refractivity (Wildman–Crippen MR) is 102 cm³/mol. The highest BCUT2D eigenvalue weighted by atomic mass is 35.5. The number of pyridine rings is 1. The average molecular weight is 384 g/mol. The van der Waals surface area contributed by atoms with Crippen LogP contribution >= 0.6 is 24.8 Å². The minimum atomic E-state index is -0.0434. The van der Waals surface area contributed by atoms with Gasteiger partial charge in [-0.25, -0.2) is 9.98 Å². The lowest BCUT2D eigenvalue weighted by Gasteiger charge is -2.09. The molecule has 0 spiro atoms. The zero-order valence-electron chi connectivity index (χ0n) is 13.3. The summed E-state index contributed by atoms with van der Waals surface area (Å²) in [7, 11) is 0. The van der Waals surface area contributed by atoms with Crippen molar-refractivity contribution in [3.63, 3.8) is 0 Å². The monoisotopic (exact) mass is 383 g/mol. The first-order valence-electron chi connectivity index (χ1n) is 7.65. The highest BCUT2D eigenvalue weighted by molar-refractivity contribution is 6.20. The maximum Gasteiger partial charge on any atom is 0.238 e. The van der Waals surface area contributed by atoms with Gasteiger partial charge in [0.15, 0.2) is 5.82 Å². The van der Waals surface area contributed by atoms with Crippen LogP contribution in [0.4, 0.5) is 11.8 Å². The molecule has 7 nitrogen and oxygen atoms in total. The third-order valence-corrected chi connectivity index (χ3v) is 3.96. The zero-order valence-corrected chi connectivity index (χ0v) is 14.9. The SMILES string of the molecule is Cl.Cl.Oc1nc(NCC2CCCO2)[nH]c1/C=C1\C=Nc2ncccc21. The highest BCUT2D eigenvalue weighted by Gasteiger charge is 2.17. The van der Waals surface area contributed by atoms with Gasteiger partial charge in [-0.15, -0.1) is 24.8 Å². The number of rotatable bonds is 4. The Hall–Kier alpha value is -2.09. The number of fused-ring (bicyclic) bond motifs is 1. The molecule has 1 unspecified atom stereocenters. The third kappa shape index (κ3) is 4.12. The van der Waals surface area contributed by atoms with E-state index < -0.39 is 0 Å². The molecule has 0 bridgehead atoms. The molecule has 2 aliphatic rings. The van der Waals surface area contributed by atoms with Crippen molar-refractivity contribution < 1.29 is 9.84 Å². The van der Waals surface area contributed by atoms with Gasteiger partial charge in [0.05, 0.1) is 6.10 Å². The summed E-state index contributed by atoms with van der Waals surface area (Å²) in [6.45, 7) is 1.50. The van der Waals surface area contributed by atoms with Crippen molar-refractivity contribution in [3.05, 3.63) is 29.6 Å². The second-order valence-electron chi connectivity index (χ2n) is 5.57. The fraction of sp³-hybridized carbons (Fsp3) is 0.312. The van der Waals surface area contributed by atoms with E-state index in [-0.39, 0.29) is 36.8 Å². The van der Waals surface area contributed by atoms with Crippen molar-refractivity contribution in [1.82, 2.24) is 15.0 Å². The summed E-state index contributed by atoms with van der Waals surface area (Å²) in [5.74, 6) is 1.18. The lowest BCUT2D eigenvalue weighted by molar-refractivity contribution is 0.120. The van der Waals surface area contributed by atoms with E-state index in [1.165, 1.54) is 0 Å². The number of anilines is 1. The van der Waals surface area contributed by atoms with Crippen molar-refractivity contribution in [2.24, 2.45) is 4.99 Å². The molecule has 9 heteroatoms. The summed E-state index contributed by atoms with van der Waals surface area (Å²) in [6, 6.07) is 3.81. The van der Waals surface area contributed by atoms with Gasteiger partial charge < -0.3 is 20.1 Å². The molecule has 0 amide bonds. The Morgan fingerprint density at radius 2 is 2.28 bits per heavy atom. The molecule has 1 fully saturated rings. The molecule has 1 saturated heterocycles. The minimum Gasteiger partial charge on any atom is -0.492 e. The first-order valence-corrected chi connectivity index (χ1v) is 7.65. The number of imidazole rings is 1. The maximum atomic E-state index is 10.0. The van der Waals surface area contributed by atoms with Crippen LogP contribution in [0.25, 0.3) is 11.6 Å². The summed E-state index contributed by atoms with van der Waals surface area (Å²) in [5, 5.41) is 13.2. The van der Waals surface area contributed by atoms with Crippen LogP contribution in [0.3, 0.4) is 0 Å². The first kappa shape index (κ1) is 19.2. The summed E-state index contributed by atoms with van der Waals surface area (Å²) in [5.41, 5.74) is 2.37. The van der Waals surface area contributed by atoms with Crippen molar-refractivity contribution in [2.45, 2.75) is 18.9 Å². The molecular weight excluding hydrogens is 365 g/mol. The van der Waals surface area contributed by atoms with E-state index in [0.29, 0.717) is 24.0 Å². The lowest BCUT2D eigenvalue weighted by atomic mass is 10.1. The summed E-state index contributed by atoms with van der Waals surface area (Å²) >= 11 is 0. The quantitative estimate of drug-likeness (QED) is 0.753. The number of aromatic hydroxyl groups is 1. The van der Waals surface area contributed by atoms with Gasteiger partial charge >= 0.3 is 0 Å². The topological polar surface area (TPSA) is 95.4 Å². The summed E-state index contributed by atoms with van der Waals surface area (Å²) < 4.78 is 5.56.